The van der Waals surface area contributed by atoms with Gasteiger partial charge in [-0.2, -0.15) is 0 Å². The molecule has 0 spiro atoms. The SMILES string of the molecule is CN(C)CCCN1c2ccccc2Sc2ccc(Cl)cc21.O=C([O-])[O-].[Li+].[Li+]. The molecule has 0 N–H and O–H groups in total. The van der Waals surface area contributed by atoms with Gasteiger partial charge in [0.2, 0.25) is 0 Å². The molecule has 5 nitrogen and oxygen atoms in total. The van der Waals surface area contributed by atoms with E-state index in [4.69, 9.17) is 26.6 Å². The number of carbonyl (C=O) groups excluding carboxylic acids is 1. The van der Waals surface area contributed by atoms with Crippen LogP contribution < -0.4 is 52.8 Å². The summed E-state index contributed by atoms with van der Waals surface area (Å²) >= 11 is 8.03. The summed E-state index contributed by atoms with van der Waals surface area (Å²) in [5.41, 5.74) is 2.51. The molecule has 2 aromatic carbocycles. The van der Waals surface area contributed by atoms with Gasteiger partial charge in [-0.15, -0.1) is 0 Å². The molecule has 0 aromatic heterocycles. The fourth-order valence-electron chi connectivity index (χ4n) is 2.59. The predicted octanol–water partition coefficient (Wildman–Crippen LogP) is -3.54. The minimum Gasteiger partial charge on any atom is -0.652 e. The fourth-order valence-corrected chi connectivity index (χ4v) is 3.83. The van der Waals surface area contributed by atoms with Crippen molar-refractivity contribution >= 4 is 40.9 Å². The Balaban J connectivity index is 0.00000103. The van der Waals surface area contributed by atoms with Gasteiger partial charge in [0.25, 0.3) is 0 Å². The van der Waals surface area contributed by atoms with Crippen LogP contribution in [0.25, 0.3) is 0 Å². The monoisotopic (exact) mass is 392 g/mol. The summed E-state index contributed by atoms with van der Waals surface area (Å²) in [4.78, 5) is 15.6. The number of nitrogens with zero attached hydrogens (tertiary/aromatic N) is 2. The van der Waals surface area contributed by atoms with Gasteiger partial charge >= 0.3 is 37.7 Å². The summed E-state index contributed by atoms with van der Waals surface area (Å²) in [7, 11) is 4.23. The normalized spacial score (nSPS) is 11.2. The molecular formula is C18H19ClLi2N2O3S. The first-order chi connectivity index (χ1) is 11.9. The molecule has 0 saturated heterocycles. The van der Waals surface area contributed by atoms with Crippen molar-refractivity contribution in [2.75, 3.05) is 32.1 Å². The van der Waals surface area contributed by atoms with Gasteiger partial charge in [0.15, 0.2) is 0 Å². The van der Waals surface area contributed by atoms with Crippen molar-refractivity contribution in [2.24, 2.45) is 0 Å². The van der Waals surface area contributed by atoms with Gasteiger partial charge < -0.3 is 24.8 Å². The Morgan fingerprint density at radius 2 is 1.67 bits per heavy atom. The van der Waals surface area contributed by atoms with Crippen LogP contribution in [0.15, 0.2) is 52.3 Å². The number of para-hydroxylation sites is 1. The van der Waals surface area contributed by atoms with Crippen molar-refractivity contribution in [1.82, 2.24) is 4.90 Å². The Bertz CT molecular complexity index is 746. The second kappa shape index (κ2) is 12.7. The van der Waals surface area contributed by atoms with Gasteiger partial charge in [-0.3, -0.25) is 0 Å². The van der Waals surface area contributed by atoms with Crippen LogP contribution in [0.2, 0.25) is 5.02 Å². The molecule has 0 radical (unpaired) electrons. The van der Waals surface area contributed by atoms with E-state index in [-0.39, 0.29) is 37.7 Å². The van der Waals surface area contributed by atoms with Gasteiger partial charge in [0, 0.05) is 21.4 Å². The first kappa shape index (κ1) is 26.3. The first-order valence-electron chi connectivity index (χ1n) is 7.75. The number of fused-ring (bicyclic) bond motifs is 2. The van der Waals surface area contributed by atoms with E-state index in [2.05, 4.69) is 60.3 Å². The number of anilines is 2. The zero-order chi connectivity index (χ0) is 18.4. The van der Waals surface area contributed by atoms with Crippen molar-refractivity contribution in [3.05, 3.63) is 47.5 Å². The van der Waals surface area contributed by atoms with E-state index in [9.17, 15) is 0 Å². The van der Waals surface area contributed by atoms with Gasteiger partial charge in [-0.25, -0.2) is 0 Å². The average molecular weight is 393 g/mol. The molecular weight excluding hydrogens is 374 g/mol. The topological polar surface area (TPSA) is 69.7 Å². The molecule has 0 saturated carbocycles. The van der Waals surface area contributed by atoms with E-state index < -0.39 is 6.16 Å². The molecule has 2 aromatic rings. The molecule has 0 bridgehead atoms. The van der Waals surface area contributed by atoms with Gasteiger partial charge in [0.1, 0.15) is 0 Å². The van der Waals surface area contributed by atoms with Crippen molar-refractivity contribution < 1.29 is 52.7 Å². The Morgan fingerprint density at radius 3 is 2.30 bits per heavy atom. The maximum absolute atomic E-state index is 8.33. The fraction of sp³-hybridized carbons (Fsp3) is 0.278. The smallest absolute Gasteiger partial charge is 0.652 e. The molecule has 3 rings (SSSR count). The zero-order valence-electron chi connectivity index (χ0n) is 16.1. The van der Waals surface area contributed by atoms with E-state index in [1.165, 1.54) is 21.2 Å². The molecule has 27 heavy (non-hydrogen) atoms. The second-order valence-corrected chi connectivity index (χ2v) is 7.26. The third-order valence-corrected chi connectivity index (χ3v) is 4.94. The Kier molecular flexibility index (Phi) is 12.4. The Labute approximate surface area is 193 Å². The third-order valence-electron chi connectivity index (χ3n) is 3.57. The molecule has 0 aliphatic carbocycles. The van der Waals surface area contributed by atoms with Gasteiger partial charge in [-0.1, -0.05) is 35.5 Å². The van der Waals surface area contributed by atoms with Gasteiger partial charge in [0.05, 0.1) is 11.4 Å². The van der Waals surface area contributed by atoms with Crippen molar-refractivity contribution in [1.29, 1.82) is 0 Å². The molecule has 0 amide bonds. The van der Waals surface area contributed by atoms with Crippen LogP contribution >= 0.6 is 23.4 Å². The van der Waals surface area contributed by atoms with Crippen LogP contribution in [0.1, 0.15) is 6.42 Å². The minimum absolute atomic E-state index is 0. The second-order valence-electron chi connectivity index (χ2n) is 5.74. The largest absolute Gasteiger partial charge is 1.00 e. The zero-order valence-corrected chi connectivity index (χ0v) is 17.6. The number of carboxylic acid groups (broad SMARTS) is 2. The average Bonchev–Trinajstić information content (AvgIpc) is 2.54. The Morgan fingerprint density at radius 1 is 1.07 bits per heavy atom. The molecule has 0 unspecified atom stereocenters. The quantitative estimate of drug-likeness (QED) is 0.502. The summed E-state index contributed by atoms with van der Waals surface area (Å²) in [6.07, 6.45) is -1.21. The number of halogens is 1. The summed E-state index contributed by atoms with van der Waals surface area (Å²) < 4.78 is 0. The minimum atomic E-state index is -2.33. The van der Waals surface area contributed by atoms with Crippen LogP contribution in [0.4, 0.5) is 16.2 Å². The molecule has 1 aliphatic heterocycles. The van der Waals surface area contributed by atoms with E-state index in [1.54, 1.807) is 0 Å². The van der Waals surface area contributed by atoms with Crippen LogP contribution in [-0.2, 0) is 0 Å². The molecule has 0 atom stereocenters. The van der Waals surface area contributed by atoms with Gasteiger partial charge in [-0.05, 0) is 63.5 Å². The molecule has 1 aliphatic rings. The molecule has 9 heteroatoms. The molecule has 0 fully saturated rings. The molecule has 134 valence electrons. The van der Waals surface area contributed by atoms with Crippen LogP contribution in [0.5, 0.6) is 0 Å². The number of benzene rings is 2. The summed E-state index contributed by atoms with van der Waals surface area (Å²) in [5, 5.41) is 17.5. The molecule has 1 heterocycles. The maximum atomic E-state index is 8.33. The van der Waals surface area contributed by atoms with E-state index >= 15 is 0 Å². The van der Waals surface area contributed by atoms with Crippen LogP contribution in [0, 0.1) is 0 Å². The van der Waals surface area contributed by atoms with Crippen molar-refractivity contribution in [2.45, 2.75) is 16.2 Å². The number of hydrogen-bond acceptors (Lipinski definition) is 6. The summed E-state index contributed by atoms with van der Waals surface area (Å²) in [5.74, 6) is 0. The van der Waals surface area contributed by atoms with E-state index in [1.807, 2.05) is 17.8 Å². The third kappa shape index (κ3) is 8.06. The van der Waals surface area contributed by atoms with E-state index in [0.29, 0.717) is 0 Å². The summed E-state index contributed by atoms with van der Waals surface area (Å²) in [6.45, 7) is 2.09. The first-order valence-corrected chi connectivity index (χ1v) is 8.94. The van der Waals surface area contributed by atoms with Crippen molar-refractivity contribution in [3.63, 3.8) is 0 Å². The van der Waals surface area contributed by atoms with Crippen LogP contribution in [-0.4, -0.2) is 38.2 Å². The van der Waals surface area contributed by atoms with Crippen LogP contribution in [0.3, 0.4) is 0 Å². The summed E-state index contributed by atoms with van der Waals surface area (Å²) in [6, 6.07) is 14.8. The van der Waals surface area contributed by atoms with E-state index in [0.717, 1.165) is 24.5 Å². The maximum Gasteiger partial charge on any atom is 1.00 e. The number of carbonyl (C=O) groups is 1. The predicted molar refractivity (Wildman–Crippen MR) is 97.6 cm³/mol. The number of hydrogen-bond donors (Lipinski definition) is 0. The number of rotatable bonds is 4. The van der Waals surface area contributed by atoms with Crippen molar-refractivity contribution in [3.8, 4) is 0 Å². The Hall–Kier alpha value is -0.695. The standard InChI is InChI=1S/C17H19ClN2S.CH2O3.2Li/c1-19(2)10-5-11-20-14-6-3-4-7-16(14)21-17-9-8-13(18)12-15(17)20;2-1(3)4;;/h3-4,6-9,12H,5,10-11H2,1-2H3;(H2,2,3,4);;/q;;2*+1/p-2.